The molecule has 7 aromatic carbocycles. The van der Waals surface area contributed by atoms with Crippen LogP contribution in [-0.2, 0) is 0 Å². The van der Waals surface area contributed by atoms with Crippen LogP contribution in [0.2, 0.25) is 0 Å². The Kier molecular flexibility index (Phi) is 6.22. The summed E-state index contributed by atoms with van der Waals surface area (Å²) in [6.07, 6.45) is 0. The van der Waals surface area contributed by atoms with Gasteiger partial charge in [-0.2, -0.15) is 5.26 Å². The third-order valence-electron chi connectivity index (χ3n) is 9.37. The Labute approximate surface area is 277 Å². The van der Waals surface area contributed by atoms with E-state index in [1.165, 1.54) is 10.8 Å². The Balaban J connectivity index is 1.28. The molecule has 2 heterocycles. The zero-order valence-electron chi connectivity index (χ0n) is 25.8. The second-order valence-corrected chi connectivity index (χ2v) is 12.0. The van der Waals surface area contributed by atoms with Gasteiger partial charge in [-0.05, 0) is 71.3 Å². The van der Waals surface area contributed by atoms with Crippen LogP contribution in [0.5, 0.6) is 0 Å². The van der Waals surface area contributed by atoms with Crippen LogP contribution in [0.3, 0.4) is 0 Å². The van der Waals surface area contributed by atoms with Crippen LogP contribution in [0.1, 0.15) is 5.56 Å². The molecule has 0 saturated carbocycles. The van der Waals surface area contributed by atoms with Gasteiger partial charge in [-0.3, -0.25) is 0 Å². The van der Waals surface area contributed by atoms with Crippen LogP contribution in [0, 0.1) is 17.9 Å². The van der Waals surface area contributed by atoms with E-state index in [1.807, 2.05) is 36.4 Å². The Morgan fingerprint density at radius 1 is 0.479 bits per heavy atom. The van der Waals surface area contributed by atoms with E-state index in [2.05, 4.69) is 141 Å². The van der Waals surface area contributed by atoms with Crippen molar-refractivity contribution in [1.29, 1.82) is 5.26 Å². The molecule has 0 radical (unpaired) electrons. The predicted molar refractivity (Wildman–Crippen MR) is 197 cm³/mol. The summed E-state index contributed by atoms with van der Waals surface area (Å²) in [5, 5.41) is 14.2. The minimum absolute atomic E-state index is 0.598. The van der Waals surface area contributed by atoms with Gasteiger partial charge in [0.1, 0.15) is 0 Å². The zero-order chi connectivity index (χ0) is 32.2. The molecule has 0 bridgehead atoms. The molecule has 0 aliphatic rings. The van der Waals surface area contributed by atoms with Gasteiger partial charge in [0.05, 0.1) is 40.3 Å². The molecule has 0 saturated heterocycles. The number of hydrogen-bond acceptors (Lipinski definition) is 1. The van der Waals surface area contributed by atoms with Crippen LogP contribution in [0.15, 0.2) is 158 Å². The highest BCUT2D eigenvalue weighted by Crippen LogP contribution is 2.42. The van der Waals surface area contributed by atoms with E-state index in [0.717, 1.165) is 66.5 Å². The quantitative estimate of drug-likeness (QED) is 0.183. The summed E-state index contributed by atoms with van der Waals surface area (Å²) in [6.45, 7) is 7.87. The smallest absolute Gasteiger partial charge is 0.189 e. The van der Waals surface area contributed by atoms with E-state index in [4.69, 9.17) is 6.57 Å². The van der Waals surface area contributed by atoms with Crippen LogP contribution >= 0.6 is 0 Å². The third kappa shape index (κ3) is 4.14. The van der Waals surface area contributed by atoms with Crippen molar-refractivity contribution < 1.29 is 0 Å². The Bertz CT molecular complexity index is 2760. The molecule has 0 amide bonds. The normalized spacial score (nSPS) is 11.3. The van der Waals surface area contributed by atoms with Gasteiger partial charge in [0.25, 0.3) is 0 Å². The van der Waals surface area contributed by atoms with Crippen molar-refractivity contribution in [3.05, 3.63) is 175 Å². The topological polar surface area (TPSA) is 38.0 Å². The lowest BCUT2D eigenvalue weighted by Gasteiger charge is -2.18. The van der Waals surface area contributed by atoms with Crippen molar-refractivity contribution in [2.24, 2.45) is 0 Å². The Morgan fingerprint density at radius 2 is 1.08 bits per heavy atom. The van der Waals surface area contributed by atoms with Crippen molar-refractivity contribution in [2.75, 3.05) is 0 Å². The second kappa shape index (κ2) is 10.9. The highest BCUT2D eigenvalue weighted by Gasteiger charge is 2.19. The highest BCUT2D eigenvalue weighted by molar-refractivity contribution is 6.11. The third-order valence-corrected chi connectivity index (χ3v) is 9.37. The molecule has 48 heavy (non-hydrogen) atoms. The molecule has 222 valence electrons. The molecule has 0 spiro atoms. The fourth-order valence-corrected chi connectivity index (χ4v) is 7.29. The predicted octanol–water partition coefficient (Wildman–Crippen LogP) is 11.6. The van der Waals surface area contributed by atoms with Gasteiger partial charge in [0.15, 0.2) is 5.69 Å². The lowest BCUT2D eigenvalue weighted by Crippen LogP contribution is -1.98. The number of rotatable bonds is 4. The first kappa shape index (κ1) is 27.4. The molecule has 9 aromatic rings. The summed E-state index contributed by atoms with van der Waals surface area (Å²) in [7, 11) is 0. The van der Waals surface area contributed by atoms with Gasteiger partial charge in [0.2, 0.25) is 0 Å². The lowest BCUT2D eigenvalue weighted by atomic mass is 9.93. The summed E-state index contributed by atoms with van der Waals surface area (Å²) in [5.74, 6) is 0. The monoisotopic (exact) mass is 610 g/mol. The molecule has 0 aliphatic heterocycles. The molecule has 0 fully saturated rings. The second-order valence-electron chi connectivity index (χ2n) is 12.0. The molecule has 0 unspecified atom stereocenters. The molecule has 0 atom stereocenters. The van der Waals surface area contributed by atoms with Crippen molar-refractivity contribution in [1.82, 2.24) is 9.13 Å². The van der Waals surface area contributed by atoms with Crippen LogP contribution in [0.25, 0.3) is 82.1 Å². The van der Waals surface area contributed by atoms with Gasteiger partial charge in [-0.15, -0.1) is 0 Å². The summed E-state index contributed by atoms with van der Waals surface area (Å²) in [5.41, 5.74) is 12.0. The summed E-state index contributed by atoms with van der Waals surface area (Å²) < 4.78 is 4.58. The number of aromatic nitrogens is 2. The standard InChI is InChI=1S/C44H26N4/c1-46-31-22-23-38(44(27-31)48-41-19-8-4-15-35(41)36-16-5-9-20-42(36)48)34-14-3-2-13-33(34)30-11-10-12-32(26-30)47-40-18-7-6-17-37(40)39-25-29(28-45)21-24-43(39)47/h2-27H. The van der Waals surface area contributed by atoms with Crippen molar-refractivity contribution in [2.45, 2.75) is 0 Å². The lowest BCUT2D eigenvalue weighted by molar-refractivity contribution is 1.18. The number of hydrogen-bond donors (Lipinski definition) is 0. The maximum atomic E-state index is 9.62. The van der Waals surface area contributed by atoms with E-state index in [1.54, 1.807) is 0 Å². The number of para-hydroxylation sites is 3. The van der Waals surface area contributed by atoms with Crippen molar-refractivity contribution in [3.8, 4) is 39.7 Å². The van der Waals surface area contributed by atoms with E-state index in [0.29, 0.717) is 11.3 Å². The maximum Gasteiger partial charge on any atom is 0.189 e. The average Bonchev–Trinajstić information content (AvgIpc) is 3.67. The van der Waals surface area contributed by atoms with Crippen LogP contribution in [0.4, 0.5) is 5.69 Å². The summed E-state index contributed by atoms with van der Waals surface area (Å²) >= 11 is 0. The zero-order valence-corrected chi connectivity index (χ0v) is 25.8. The van der Waals surface area contributed by atoms with Gasteiger partial charge >= 0.3 is 0 Å². The van der Waals surface area contributed by atoms with E-state index in [-0.39, 0.29) is 0 Å². The number of nitriles is 1. The van der Waals surface area contributed by atoms with E-state index >= 15 is 0 Å². The molecule has 2 aromatic heterocycles. The molecule has 4 nitrogen and oxygen atoms in total. The molecule has 4 heteroatoms. The average molecular weight is 611 g/mol. The van der Waals surface area contributed by atoms with Crippen molar-refractivity contribution in [3.63, 3.8) is 0 Å². The number of nitrogens with zero attached hydrogens (tertiary/aromatic N) is 4. The fourth-order valence-electron chi connectivity index (χ4n) is 7.29. The Morgan fingerprint density at radius 3 is 1.77 bits per heavy atom. The minimum atomic E-state index is 0.598. The maximum absolute atomic E-state index is 9.62. The fraction of sp³-hybridized carbons (Fsp3) is 0. The summed E-state index contributed by atoms with van der Waals surface area (Å²) in [4.78, 5) is 3.83. The van der Waals surface area contributed by atoms with Gasteiger partial charge < -0.3 is 9.13 Å². The number of benzene rings is 7. The largest absolute Gasteiger partial charge is 0.310 e. The van der Waals surface area contributed by atoms with Crippen LogP contribution in [-0.4, -0.2) is 9.13 Å². The van der Waals surface area contributed by atoms with Gasteiger partial charge in [0, 0.05) is 38.5 Å². The summed E-state index contributed by atoms with van der Waals surface area (Å²) in [6, 6.07) is 56.8. The van der Waals surface area contributed by atoms with Crippen LogP contribution < -0.4 is 0 Å². The van der Waals surface area contributed by atoms with Gasteiger partial charge in [-0.1, -0.05) is 103 Å². The SMILES string of the molecule is [C-]#[N+]c1ccc(-c2ccccc2-c2cccc(-n3c4ccccc4c4cc(C#N)ccc43)c2)c(-n2c3ccccc3c3ccccc32)c1. The minimum Gasteiger partial charge on any atom is -0.310 e. The van der Waals surface area contributed by atoms with E-state index < -0.39 is 0 Å². The molecular weight excluding hydrogens is 585 g/mol. The molecular formula is C44H26N4. The highest BCUT2D eigenvalue weighted by atomic mass is 15.0. The Hall–Kier alpha value is -6.88. The first-order valence-electron chi connectivity index (χ1n) is 15.9. The molecule has 0 N–H and O–H groups in total. The molecule has 0 aliphatic carbocycles. The first-order chi connectivity index (χ1) is 23.7. The van der Waals surface area contributed by atoms with Gasteiger partial charge in [-0.25, -0.2) is 4.85 Å². The van der Waals surface area contributed by atoms with Crippen molar-refractivity contribution >= 4 is 49.3 Å². The molecule has 9 rings (SSSR count). The number of fused-ring (bicyclic) bond motifs is 6. The van der Waals surface area contributed by atoms with E-state index in [9.17, 15) is 5.26 Å². The first-order valence-corrected chi connectivity index (χ1v) is 15.9.